The van der Waals surface area contributed by atoms with E-state index in [4.69, 9.17) is 29.4 Å². The fourth-order valence-corrected chi connectivity index (χ4v) is 3.55. The number of hydrogen-bond acceptors (Lipinski definition) is 6. The van der Waals surface area contributed by atoms with Gasteiger partial charge in [-0.05, 0) is 40.5 Å². The first-order valence-electron chi connectivity index (χ1n) is 9.22. The van der Waals surface area contributed by atoms with Crippen molar-refractivity contribution in [2.24, 2.45) is 5.73 Å². The van der Waals surface area contributed by atoms with Crippen molar-refractivity contribution in [2.75, 3.05) is 13.2 Å². The van der Waals surface area contributed by atoms with E-state index < -0.39 is 11.6 Å². The van der Waals surface area contributed by atoms with Gasteiger partial charge < -0.3 is 29.4 Å². The minimum absolute atomic E-state index is 0.0250. The Morgan fingerprint density at radius 2 is 1.50 bits per heavy atom. The van der Waals surface area contributed by atoms with Crippen LogP contribution in [0.25, 0.3) is 0 Å². The zero-order valence-corrected chi connectivity index (χ0v) is 16.0. The zero-order valence-electron chi connectivity index (χ0n) is 16.0. The van der Waals surface area contributed by atoms with Gasteiger partial charge in [0.2, 0.25) is 0 Å². The van der Waals surface area contributed by atoms with Crippen LogP contribution in [0.5, 0.6) is 0 Å². The third-order valence-corrected chi connectivity index (χ3v) is 4.50. The van der Waals surface area contributed by atoms with Crippen LogP contribution in [0.1, 0.15) is 60.8 Å². The molecule has 2 heterocycles. The van der Waals surface area contributed by atoms with Gasteiger partial charge in [0, 0.05) is 0 Å². The van der Waals surface area contributed by atoms with Gasteiger partial charge in [0.15, 0.2) is 11.6 Å². The smallest absolute Gasteiger partial charge is 0.163 e. The second-order valence-corrected chi connectivity index (χ2v) is 7.75. The standard InChI is InChI=1S/C18H35NO5/c1-7-9-14-16(24-18(5,6)22-14)12(19)10-20-11-15-13(8-2)21-17(3,4)23-15/h12-16H,7-11,19H2,1-6H3/t12-,13-,14+,15-,16-/m0/s1. The molecular formula is C18H35NO5. The molecule has 0 unspecified atom stereocenters. The maximum Gasteiger partial charge on any atom is 0.163 e. The Bertz CT molecular complexity index is 401. The Labute approximate surface area is 146 Å². The highest BCUT2D eigenvalue weighted by molar-refractivity contribution is 4.89. The van der Waals surface area contributed by atoms with Gasteiger partial charge in [-0.3, -0.25) is 0 Å². The van der Waals surface area contributed by atoms with Gasteiger partial charge in [0.05, 0.1) is 31.5 Å². The van der Waals surface area contributed by atoms with Crippen molar-refractivity contribution < 1.29 is 23.7 Å². The Morgan fingerprint density at radius 1 is 0.917 bits per heavy atom. The Balaban J connectivity index is 1.81. The van der Waals surface area contributed by atoms with Gasteiger partial charge in [-0.15, -0.1) is 0 Å². The van der Waals surface area contributed by atoms with E-state index in [-0.39, 0.29) is 30.5 Å². The minimum atomic E-state index is -0.581. The van der Waals surface area contributed by atoms with Gasteiger partial charge in [0.25, 0.3) is 0 Å². The van der Waals surface area contributed by atoms with E-state index in [0.717, 1.165) is 19.3 Å². The van der Waals surface area contributed by atoms with E-state index in [1.807, 2.05) is 27.7 Å². The van der Waals surface area contributed by atoms with Crippen molar-refractivity contribution in [3.63, 3.8) is 0 Å². The second-order valence-electron chi connectivity index (χ2n) is 7.75. The molecule has 2 fully saturated rings. The molecule has 6 nitrogen and oxygen atoms in total. The van der Waals surface area contributed by atoms with Crippen molar-refractivity contribution in [3.05, 3.63) is 0 Å². The third-order valence-electron chi connectivity index (χ3n) is 4.50. The lowest BCUT2D eigenvalue weighted by Crippen LogP contribution is -2.45. The molecule has 0 bridgehead atoms. The number of hydrogen-bond donors (Lipinski definition) is 1. The lowest BCUT2D eigenvalue weighted by Gasteiger charge is -2.24. The fraction of sp³-hybridized carbons (Fsp3) is 1.00. The number of ether oxygens (including phenoxy) is 5. The molecule has 2 rings (SSSR count). The van der Waals surface area contributed by atoms with Gasteiger partial charge in [0.1, 0.15) is 12.2 Å². The lowest BCUT2D eigenvalue weighted by atomic mass is 10.0. The molecule has 142 valence electrons. The van der Waals surface area contributed by atoms with Crippen LogP contribution in [0, 0.1) is 0 Å². The molecule has 0 amide bonds. The summed E-state index contributed by atoms with van der Waals surface area (Å²) in [6.07, 6.45) is 2.77. The van der Waals surface area contributed by atoms with E-state index in [1.54, 1.807) is 0 Å². The topological polar surface area (TPSA) is 72.2 Å². The van der Waals surface area contributed by atoms with Crippen LogP contribution < -0.4 is 5.73 Å². The number of nitrogens with two attached hydrogens (primary N) is 1. The van der Waals surface area contributed by atoms with Crippen LogP contribution in [-0.4, -0.2) is 55.2 Å². The quantitative estimate of drug-likeness (QED) is 0.729. The van der Waals surface area contributed by atoms with E-state index >= 15 is 0 Å². The highest BCUT2D eigenvalue weighted by Gasteiger charge is 2.44. The largest absolute Gasteiger partial charge is 0.377 e. The molecule has 0 saturated carbocycles. The first-order valence-corrected chi connectivity index (χ1v) is 9.22. The molecule has 0 aromatic carbocycles. The summed E-state index contributed by atoms with van der Waals surface area (Å²) in [5.74, 6) is -1.13. The molecule has 2 aliphatic heterocycles. The van der Waals surface area contributed by atoms with Gasteiger partial charge >= 0.3 is 0 Å². The van der Waals surface area contributed by atoms with Crippen molar-refractivity contribution in [1.29, 1.82) is 0 Å². The van der Waals surface area contributed by atoms with Crippen molar-refractivity contribution in [2.45, 2.75) is 103 Å². The van der Waals surface area contributed by atoms with Gasteiger partial charge in [-0.2, -0.15) is 0 Å². The average molecular weight is 345 g/mol. The predicted molar refractivity (Wildman–Crippen MR) is 91.6 cm³/mol. The van der Waals surface area contributed by atoms with Crippen molar-refractivity contribution in [3.8, 4) is 0 Å². The van der Waals surface area contributed by atoms with Crippen molar-refractivity contribution in [1.82, 2.24) is 0 Å². The summed E-state index contributed by atoms with van der Waals surface area (Å²) < 4.78 is 29.6. The molecule has 6 heteroatoms. The minimum Gasteiger partial charge on any atom is -0.377 e. The van der Waals surface area contributed by atoms with Crippen LogP contribution in [0.15, 0.2) is 0 Å². The van der Waals surface area contributed by atoms with Crippen LogP contribution in [0.4, 0.5) is 0 Å². The maximum atomic E-state index is 6.32. The molecule has 24 heavy (non-hydrogen) atoms. The first-order chi connectivity index (χ1) is 11.2. The van der Waals surface area contributed by atoms with Gasteiger partial charge in [-0.1, -0.05) is 20.3 Å². The molecule has 2 aliphatic rings. The average Bonchev–Trinajstić information content (AvgIpc) is 2.94. The zero-order chi connectivity index (χ0) is 18.0. The van der Waals surface area contributed by atoms with E-state index in [1.165, 1.54) is 0 Å². The number of rotatable bonds is 8. The van der Waals surface area contributed by atoms with Crippen LogP contribution >= 0.6 is 0 Å². The molecule has 5 atom stereocenters. The molecule has 0 spiro atoms. The summed E-state index contributed by atoms with van der Waals surface area (Å²) in [4.78, 5) is 0. The summed E-state index contributed by atoms with van der Waals surface area (Å²) in [5.41, 5.74) is 6.32. The Kier molecular flexibility index (Phi) is 6.67. The second kappa shape index (κ2) is 7.98. The summed E-state index contributed by atoms with van der Waals surface area (Å²) in [5, 5.41) is 0. The van der Waals surface area contributed by atoms with Gasteiger partial charge in [-0.25, -0.2) is 0 Å². The van der Waals surface area contributed by atoms with Crippen LogP contribution in [0.2, 0.25) is 0 Å². The summed E-state index contributed by atoms with van der Waals surface area (Å²) in [7, 11) is 0. The molecule has 0 radical (unpaired) electrons. The first kappa shape index (κ1) is 20.1. The molecule has 2 N–H and O–H groups in total. The summed E-state index contributed by atoms with van der Waals surface area (Å²) in [6, 6.07) is -0.223. The molecule has 0 aromatic heterocycles. The molecule has 2 saturated heterocycles. The highest BCUT2D eigenvalue weighted by atomic mass is 16.8. The SMILES string of the molecule is CCC[C@H]1OC(C)(C)O[C@H]1[C@@H](N)COC[C@@H]1OC(C)(C)O[C@H]1CC. The van der Waals surface area contributed by atoms with E-state index in [2.05, 4.69) is 13.8 Å². The highest BCUT2D eigenvalue weighted by Crippen LogP contribution is 2.32. The predicted octanol–water partition coefficient (Wildman–Crippen LogP) is 2.58. The lowest BCUT2D eigenvalue weighted by molar-refractivity contribution is -0.154. The molecule has 0 aromatic rings. The summed E-state index contributed by atoms with van der Waals surface area (Å²) >= 11 is 0. The monoisotopic (exact) mass is 345 g/mol. The Hall–Kier alpha value is -0.240. The summed E-state index contributed by atoms with van der Waals surface area (Å²) in [6.45, 7) is 12.9. The fourth-order valence-electron chi connectivity index (χ4n) is 3.55. The molecule has 0 aliphatic carbocycles. The molecular weight excluding hydrogens is 310 g/mol. The Morgan fingerprint density at radius 3 is 2.12 bits per heavy atom. The van der Waals surface area contributed by atoms with E-state index in [9.17, 15) is 0 Å². The normalized spacial score (nSPS) is 36.1. The van der Waals surface area contributed by atoms with Crippen LogP contribution in [-0.2, 0) is 23.7 Å². The van der Waals surface area contributed by atoms with E-state index in [0.29, 0.717) is 13.2 Å². The third kappa shape index (κ3) is 5.13. The van der Waals surface area contributed by atoms with Crippen LogP contribution in [0.3, 0.4) is 0 Å². The maximum absolute atomic E-state index is 6.32. The van der Waals surface area contributed by atoms with Crippen molar-refractivity contribution >= 4 is 0 Å².